The van der Waals surface area contributed by atoms with E-state index in [2.05, 4.69) is 54.3 Å². The van der Waals surface area contributed by atoms with Crippen LogP contribution in [0.3, 0.4) is 0 Å². The molecule has 3 aromatic rings. The fraction of sp³-hybridized carbons (Fsp3) is 0.182. The zero-order valence-corrected chi connectivity index (χ0v) is 18.3. The molecule has 4 nitrogen and oxygen atoms in total. The highest BCUT2D eigenvalue weighted by molar-refractivity contribution is 7.48. The summed E-state index contributed by atoms with van der Waals surface area (Å²) in [6.45, 7) is 6.70. The summed E-state index contributed by atoms with van der Waals surface area (Å²) in [4.78, 5) is 9.53. The molecular formula is C22H26O4P2. The average molecular weight is 416 g/mol. The van der Waals surface area contributed by atoms with Crippen LogP contribution < -0.4 is 14.4 Å². The fourth-order valence-corrected chi connectivity index (χ4v) is 3.88. The first-order valence-electron chi connectivity index (χ1n) is 8.84. The molecule has 0 aliphatic carbocycles. The van der Waals surface area contributed by atoms with E-state index in [1.807, 2.05) is 0 Å². The van der Waals surface area contributed by atoms with Crippen LogP contribution in [0.15, 0.2) is 84.9 Å². The summed E-state index contributed by atoms with van der Waals surface area (Å²) in [5.74, 6) is 0.573. The lowest BCUT2D eigenvalue weighted by Crippen LogP contribution is -2.18. The van der Waals surface area contributed by atoms with Gasteiger partial charge in [-0.15, -0.1) is 9.24 Å². The Hall–Kier alpha value is -2.12. The van der Waals surface area contributed by atoms with E-state index in [0.717, 1.165) is 0 Å². The Morgan fingerprint density at radius 2 is 1.14 bits per heavy atom. The van der Waals surface area contributed by atoms with Crippen molar-refractivity contribution in [3.05, 3.63) is 90.5 Å². The molecule has 3 aromatic carbocycles. The second-order valence-electron chi connectivity index (χ2n) is 7.11. The lowest BCUT2D eigenvalue weighted by Gasteiger charge is -2.20. The van der Waals surface area contributed by atoms with Crippen molar-refractivity contribution in [1.82, 2.24) is 0 Å². The number of hydrogen-bond acceptors (Lipinski definition) is 3. The second-order valence-corrected chi connectivity index (χ2v) is 9.04. The maximum Gasteiger partial charge on any atom is 0.584 e. The van der Waals surface area contributed by atoms with Crippen LogP contribution in [-0.4, -0.2) is 4.89 Å². The van der Waals surface area contributed by atoms with Crippen molar-refractivity contribution in [3.8, 4) is 11.5 Å². The average Bonchev–Trinajstić information content (AvgIpc) is 2.62. The van der Waals surface area contributed by atoms with Gasteiger partial charge in [-0.1, -0.05) is 81.4 Å². The first kappa shape index (κ1) is 22.2. The lowest BCUT2D eigenvalue weighted by molar-refractivity contribution is 0.291. The minimum absolute atomic E-state index is 0.262. The summed E-state index contributed by atoms with van der Waals surface area (Å²) in [7, 11) is -1.36. The van der Waals surface area contributed by atoms with Crippen LogP contribution in [0.5, 0.6) is 11.5 Å². The molecule has 1 unspecified atom stereocenters. The van der Waals surface area contributed by atoms with Gasteiger partial charge in [0.25, 0.3) is 0 Å². The lowest BCUT2D eigenvalue weighted by atomic mass is 9.87. The van der Waals surface area contributed by atoms with Crippen LogP contribution in [0, 0.1) is 0 Å². The Morgan fingerprint density at radius 1 is 0.750 bits per heavy atom. The van der Waals surface area contributed by atoms with E-state index in [9.17, 15) is 9.46 Å². The molecule has 0 aliphatic rings. The fourth-order valence-electron chi connectivity index (χ4n) is 2.43. The Bertz CT molecular complexity index is 861. The molecule has 0 saturated carbocycles. The third kappa shape index (κ3) is 7.48. The number of hydrogen-bond donors (Lipinski definition) is 1. The Labute approximate surface area is 169 Å². The normalized spacial score (nSPS) is 11.2. The van der Waals surface area contributed by atoms with E-state index in [1.54, 1.807) is 60.7 Å². The first-order chi connectivity index (χ1) is 13.2. The maximum absolute atomic E-state index is 11.7. The third-order valence-electron chi connectivity index (χ3n) is 3.70. The van der Waals surface area contributed by atoms with Crippen molar-refractivity contribution in [1.29, 1.82) is 0 Å². The molecule has 3 rings (SSSR count). The van der Waals surface area contributed by atoms with Crippen molar-refractivity contribution in [2.24, 2.45) is 0 Å². The largest absolute Gasteiger partial charge is 0.584 e. The van der Waals surface area contributed by atoms with Crippen molar-refractivity contribution < 1.29 is 18.5 Å². The smallest absolute Gasteiger partial charge is 0.395 e. The summed E-state index contributed by atoms with van der Waals surface area (Å²) < 4.78 is 21.5. The van der Waals surface area contributed by atoms with E-state index in [0.29, 0.717) is 0 Å². The van der Waals surface area contributed by atoms with Crippen LogP contribution in [0.25, 0.3) is 0 Å². The van der Waals surface area contributed by atoms with Crippen molar-refractivity contribution in [2.75, 3.05) is 0 Å². The van der Waals surface area contributed by atoms with Gasteiger partial charge >= 0.3 is 7.82 Å². The highest BCUT2D eigenvalue weighted by Gasteiger charge is 2.24. The molecule has 0 aliphatic heterocycles. The Balaban J connectivity index is 0.000000221. The summed E-state index contributed by atoms with van der Waals surface area (Å²) in [6, 6.07) is 25.2. The van der Waals surface area contributed by atoms with Gasteiger partial charge in [0, 0.05) is 0 Å². The van der Waals surface area contributed by atoms with Crippen molar-refractivity contribution >= 4 is 22.4 Å². The molecule has 0 fully saturated rings. The highest BCUT2D eigenvalue weighted by atomic mass is 31.2. The molecular weight excluding hydrogens is 390 g/mol. The molecule has 0 aromatic heterocycles. The van der Waals surface area contributed by atoms with Crippen molar-refractivity contribution in [3.63, 3.8) is 0 Å². The van der Waals surface area contributed by atoms with Crippen LogP contribution >= 0.6 is 17.1 Å². The molecule has 1 atom stereocenters. The minimum Gasteiger partial charge on any atom is -0.395 e. The van der Waals surface area contributed by atoms with Crippen LogP contribution in [-0.2, 0) is 9.98 Å². The molecule has 0 heterocycles. The van der Waals surface area contributed by atoms with Crippen LogP contribution in [0.4, 0.5) is 0 Å². The van der Waals surface area contributed by atoms with Gasteiger partial charge in [-0.05, 0) is 40.5 Å². The van der Waals surface area contributed by atoms with Gasteiger partial charge in [0.1, 0.15) is 11.5 Å². The van der Waals surface area contributed by atoms with Gasteiger partial charge in [-0.25, -0.2) is 4.57 Å². The molecule has 148 valence electrons. The maximum atomic E-state index is 11.7. The quantitative estimate of drug-likeness (QED) is 0.552. The number of rotatable bonds is 4. The zero-order chi connectivity index (χ0) is 20.6. The van der Waals surface area contributed by atoms with Gasteiger partial charge in [0.15, 0.2) is 0 Å². The second kappa shape index (κ2) is 9.89. The molecule has 0 bridgehead atoms. The molecule has 6 heteroatoms. The van der Waals surface area contributed by atoms with E-state index < -0.39 is 7.82 Å². The predicted molar refractivity (Wildman–Crippen MR) is 118 cm³/mol. The van der Waals surface area contributed by atoms with Gasteiger partial charge in [-0.2, -0.15) is 0 Å². The minimum atomic E-state index is -4.14. The topological polar surface area (TPSA) is 55.8 Å². The summed E-state index contributed by atoms with van der Waals surface area (Å²) >= 11 is 0. The SMILES string of the molecule is CC(C)(C)c1ccccc1P.O=P(O)(Oc1ccccc1)Oc1ccccc1. The van der Waals surface area contributed by atoms with Gasteiger partial charge in [0.2, 0.25) is 0 Å². The number of benzene rings is 3. The van der Waals surface area contributed by atoms with E-state index in [1.165, 1.54) is 10.9 Å². The highest BCUT2D eigenvalue weighted by Crippen LogP contribution is 2.44. The number of para-hydroxylation sites is 2. The predicted octanol–water partition coefficient (Wildman–Crippen LogP) is 5.73. The molecule has 0 saturated heterocycles. The van der Waals surface area contributed by atoms with Gasteiger partial charge in [0.05, 0.1) is 0 Å². The summed E-state index contributed by atoms with van der Waals surface area (Å²) in [5, 5.41) is 1.31. The molecule has 0 spiro atoms. The zero-order valence-electron chi connectivity index (χ0n) is 16.3. The van der Waals surface area contributed by atoms with Crippen molar-refractivity contribution in [2.45, 2.75) is 26.2 Å². The summed E-state index contributed by atoms with van der Waals surface area (Å²) in [6.07, 6.45) is 0. The van der Waals surface area contributed by atoms with Crippen LogP contribution in [0.2, 0.25) is 0 Å². The van der Waals surface area contributed by atoms with Crippen LogP contribution in [0.1, 0.15) is 26.3 Å². The molecule has 0 amide bonds. The van der Waals surface area contributed by atoms with Gasteiger partial charge < -0.3 is 9.05 Å². The monoisotopic (exact) mass is 416 g/mol. The molecule has 1 N–H and O–H groups in total. The summed E-state index contributed by atoms with van der Waals surface area (Å²) in [5.41, 5.74) is 1.67. The standard InChI is InChI=1S/C12H11O4P.C10H15P/c13-17(14,15-11-7-3-1-4-8-11)16-12-9-5-2-6-10-12;1-10(2,3)8-6-4-5-7-9(8)11/h1-10H,(H,13,14);4-7H,11H2,1-3H3. The Kier molecular flexibility index (Phi) is 7.83. The number of phosphoric acid groups is 1. The first-order valence-corrected chi connectivity index (χ1v) is 10.9. The Morgan fingerprint density at radius 3 is 1.50 bits per heavy atom. The van der Waals surface area contributed by atoms with E-state index in [4.69, 9.17) is 9.05 Å². The van der Waals surface area contributed by atoms with E-state index in [-0.39, 0.29) is 16.9 Å². The van der Waals surface area contributed by atoms with E-state index >= 15 is 0 Å². The third-order valence-corrected chi connectivity index (χ3v) is 5.08. The van der Waals surface area contributed by atoms with Gasteiger partial charge in [-0.3, -0.25) is 4.89 Å². The molecule has 0 radical (unpaired) electrons. The number of phosphoric ester groups is 1. The molecule has 28 heavy (non-hydrogen) atoms.